The number of rotatable bonds is 4. The third-order valence-corrected chi connectivity index (χ3v) is 4.81. The quantitative estimate of drug-likeness (QED) is 0.769. The van der Waals surface area contributed by atoms with E-state index in [0.29, 0.717) is 23.8 Å². The van der Waals surface area contributed by atoms with E-state index in [2.05, 4.69) is 20.2 Å². The van der Waals surface area contributed by atoms with Crippen LogP contribution in [0.3, 0.4) is 0 Å². The lowest BCUT2D eigenvalue weighted by Crippen LogP contribution is -2.39. The minimum absolute atomic E-state index is 0.0486. The molecule has 3 heterocycles. The fourth-order valence-electron chi connectivity index (χ4n) is 3.39. The van der Waals surface area contributed by atoms with Gasteiger partial charge in [0.1, 0.15) is 5.82 Å². The molecular weight excluding hydrogens is 342 g/mol. The average molecular weight is 363 g/mol. The van der Waals surface area contributed by atoms with Gasteiger partial charge in [0.2, 0.25) is 5.88 Å². The number of likely N-dealkylation sites (tertiary alicyclic amines) is 1. The SMILES string of the molecule is COc1ccc(C(=O)N2CCCCC2c2nc(-c3ccccc3)n[nH]2)cn1. The second kappa shape index (κ2) is 7.57. The average Bonchev–Trinajstić information content (AvgIpc) is 3.24. The molecule has 4 rings (SSSR count). The molecule has 0 saturated carbocycles. The lowest BCUT2D eigenvalue weighted by Gasteiger charge is -2.34. The van der Waals surface area contributed by atoms with Crippen LogP contribution in [0.15, 0.2) is 48.7 Å². The summed E-state index contributed by atoms with van der Waals surface area (Å²) in [7, 11) is 1.55. The number of benzene rings is 1. The summed E-state index contributed by atoms with van der Waals surface area (Å²) in [6, 6.07) is 13.2. The van der Waals surface area contributed by atoms with Crippen molar-refractivity contribution < 1.29 is 9.53 Å². The van der Waals surface area contributed by atoms with Crippen LogP contribution >= 0.6 is 0 Å². The van der Waals surface area contributed by atoms with Crippen LogP contribution in [-0.2, 0) is 0 Å². The number of aromatic amines is 1. The fourth-order valence-corrected chi connectivity index (χ4v) is 3.39. The maximum absolute atomic E-state index is 13.0. The highest BCUT2D eigenvalue weighted by Crippen LogP contribution is 2.31. The Kier molecular flexibility index (Phi) is 4.82. The summed E-state index contributed by atoms with van der Waals surface area (Å²) in [4.78, 5) is 23.7. The molecule has 138 valence electrons. The zero-order valence-corrected chi connectivity index (χ0v) is 15.1. The van der Waals surface area contributed by atoms with Crippen LogP contribution in [0.4, 0.5) is 0 Å². The number of methoxy groups -OCH3 is 1. The predicted molar refractivity (Wildman–Crippen MR) is 100 cm³/mol. The molecule has 1 aliphatic rings. The minimum Gasteiger partial charge on any atom is -0.481 e. The first-order valence-corrected chi connectivity index (χ1v) is 9.05. The van der Waals surface area contributed by atoms with E-state index in [1.165, 1.54) is 0 Å². The van der Waals surface area contributed by atoms with Crippen LogP contribution in [-0.4, -0.2) is 44.6 Å². The standard InChI is InChI=1S/C20H21N5O2/c1-27-17-11-10-15(13-21-17)20(26)25-12-6-5-9-16(25)19-22-18(23-24-19)14-7-3-2-4-8-14/h2-4,7-8,10-11,13,16H,5-6,9,12H2,1H3,(H,22,23,24). The van der Waals surface area contributed by atoms with Gasteiger partial charge in [-0.3, -0.25) is 9.89 Å². The van der Waals surface area contributed by atoms with E-state index < -0.39 is 0 Å². The molecule has 3 aromatic rings. The van der Waals surface area contributed by atoms with E-state index in [1.807, 2.05) is 35.2 Å². The molecule has 1 atom stereocenters. The largest absolute Gasteiger partial charge is 0.481 e. The van der Waals surface area contributed by atoms with Crippen LogP contribution < -0.4 is 4.74 Å². The summed E-state index contributed by atoms with van der Waals surface area (Å²) < 4.78 is 5.07. The maximum Gasteiger partial charge on any atom is 0.256 e. The van der Waals surface area contributed by atoms with E-state index in [0.717, 1.165) is 30.7 Å². The van der Waals surface area contributed by atoms with Gasteiger partial charge in [0.15, 0.2) is 5.82 Å². The highest BCUT2D eigenvalue weighted by molar-refractivity contribution is 5.94. The summed E-state index contributed by atoms with van der Waals surface area (Å²) in [5.41, 5.74) is 1.50. The number of amides is 1. The zero-order valence-electron chi connectivity index (χ0n) is 15.1. The highest BCUT2D eigenvalue weighted by atomic mass is 16.5. The predicted octanol–water partition coefficient (Wildman–Crippen LogP) is 3.24. The lowest BCUT2D eigenvalue weighted by molar-refractivity contribution is 0.0600. The van der Waals surface area contributed by atoms with Crippen molar-refractivity contribution in [2.75, 3.05) is 13.7 Å². The van der Waals surface area contributed by atoms with E-state index in [1.54, 1.807) is 25.4 Å². The Labute approximate surface area is 157 Å². The topological polar surface area (TPSA) is 84.0 Å². The Bertz CT molecular complexity index is 908. The number of aromatic nitrogens is 4. The van der Waals surface area contributed by atoms with Crippen molar-refractivity contribution in [1.82, 2.24) is 25.1 Å². The van der Waals surface area contributed by atoms with Crippen LogP contribution in [0.25, 0.3) is 11.4 Å². The van der Waals surface area contributed by atoms with Crippen LogP contribution in [0, 0.1) is 0 Å². The van der Waals surface area contributed by atoms with E-state index >= 15 is 0 Å². The van der Waals surface area contributed by atoms with Crippen molar-refractivity contribution >= 4 is 5.91 Å². The Morgan fingerprint density at radius 1 is 1.19 bits per heavy atom. The van der Waals surface area contributed by atoms with Gasteiger partial charge < -0.3 is 9.64 Å². The Morgan fingerprint density at radius 2 is 2.04 bits per heavy atom. The number of carbonyl (C=O) groups is 1. The van der Waals surface area contributed by atoms with Gasteiger partial charge in [0, 0.05) is 24.4 Å². The maximum atomic E-state index is 13.0. The highest BCUT2D eigenvalue weighted by Gasteiger charge is 2.31. The third-order valence-electron chi connectivity index (χ3n) is 4.81. The minimum atomic E-state index is -0.113. The zero-order chi connectivity index (χ0) is 18.6. The second-order valence-corrected chi connectivity index (χ2v) is 6.51. The van der Waals surface area contributed by atoms with Gasteiger partial charge in [-0.05, 0) is 25.3 Å². The molecule has 1 N–H and O–H groups in total. The van der Waals surface area contributed by atoms with Crippen molar-refractivity contribution in [1.29, 1.82) is 0 Å². The van der Waals surface area contributed by atoms with Crippen LogP contribution in [0.2, 0.25) is 0 Å². The molecule has 1 fully saturated rings. The van der Waals surface area contributed by atoms with Crippen LogP contribution in [0.5, 0.6) is 5.88 Å². The van der Waals surface area contributed by atoms with E-state index in [-0.39, 0.29) is 11.9 Å². The van der Waals surface area contributed by atoms with Crippen molar-refractivity contribution in [3.63, 3.8) is 0 Å². The second-order valence-electron chi connectivity index (χ2n) is 6.51. The van der Waals surface area contributed by atoms with E-state index in [4.69, 9.17) is 4.74 Å². The van der Waals surface area contributed by atoms with Crippen molar-refractivity contribution in [2.45, 2.75) is 25.3 Å². The molecule has 0 bridgehead atoms. The number of H-pyrrole nitrogens is 1. The van der Waals surface area contributed by atoms with Crippen LogP contribution in [0.1, 0.15) is 41.5 Å². The van der Waals surface area contributed by atoms with Crippen molar-refractivity contribution in [3.05, 3.63) is 60.0 Å². The molecule has 1 aromatic carbocycles. The number of hydrogen-bond donors (Lipinski definition) is 1. The van der Waals surface area contributed by atoms with Gasteiger partial charge in [-0.25, -0.2) is 9.97 Å². The number of nitrogens with zero attached hydrogens (tertiary/aromatic N) is 4. The summed E-state index contributed by atoms with van der Waals surface area (Å²) in [6.07, 6.45) is 4.45. The summed E-state index contributed by atoms with van der Waals surface area (Å²) in [5, 5.41) is 7.39. The number of ether oxygens (including phenoxy) is 1. The normalized spacial score (nSPS) is 16.9. The molecule has 7 heteroatoms. The number of piperidine rings is 1. The van der Waals surface area contributed by atoms with Gasteiger partial charge in [-0.2, -0.15) is 5.10 Å². The summed E-state index contributed by atoms with van der Waals surface area (Å²) in [5.74, 6) is 1.81. The Hall–Kier alpha value is -3.22. The first-order valence-electron chi connectivity index (χ1n) is 9.05. The monoisotopic (exact) mass is 363 g/mol. The molecular formula is C20H21N5O2. The van der Waals surface area contributed by atoms with E-state index in [9.17, 15) is 4.79 Å². The first-order chi connectivity index (χ1) is 13.3. The number of pyridine rings is 1. The molecule has 27 heavy (non-hydrogen) atoms. The Balaban J connectivity index is 1.59. The number of nitrogens with one attached hydrogen (secondary N) is 1. The van der Waals surface area contributed by atoms with Crippen molar-refractivity contribution in [3.8, 4) is 17.3 Å². The van der Waals surface area contributed by atoms with Crippen molar-refractivity contribution in [2.24, 2.45) is 0 Å². The molecule has 0 spiro atoms. The first kappa shape index (κ1) is 17.2. The molecule has 0 aliphatic carbocycles. The van der Waals surface area contributed by atoms with Gasteiger partial charge in [0.25, 0.3) is 5.91 Å². The molecule has 1 saturated heterocycles. The Morgan fingerprint density at radius 3 is 2.78 bits per heavy atom. The molecule has 1 aliphatic heterocycles. The van der Waals surface area contributed by atoms with Gasteiger partial charge in [0.05, 0.1) is 18.7 Å². The van der Waals surface area contributed by atoms with Gasteiger partial charge >= 0.3 is 0 Å². The van der Waals surface area contributed by atoms with Gasteiger partial charge in [-0.1, -0.05) is 30.3 Å². The number of carbonyl (C=O) groups excluding carboxylic acids is 1. The fraction of sp³-hybridized carbons (Fsp3) is 0.300. The third kappa shape index (κ3) is 3.53. The molecule has 7 nitrogen and oxygen atoms in total. The van der Waals surface area contributed by atoms with Gasteiger partial charge in [-0.15, -0.1) is 0 Å². The molecule has 2 aromatic heterocycles. The summed E-state index contributed by atoms with van der Waals surface area (Å²) >= 11 is 0. The number of hydrogen-bond acceptors (Lipinski definition) is 5. The molecule has 1 amide bonds. The lowest BCUT2D eigenvalue weighted by atomic mass is 10.0. The smallest absolute Gasteiger partial charge is 0.256 e. The molecule has 0 radical (unpaired) electrons. The molecule has 1 unspecified atom stereocenters. The summed E-state index contributed by atoms with van der Waals surface area (Å²) in [6.45, 7) is 0.691.